The molecule has 0 aliphatic rings. The molecule has 0 bridgehead atoms. The number of rotatable bonds is 11. The van der Waals surface area contributed by atoms with E-state index < -0.39 is 28.4 Å². The molecule has 0 unspecified atom stereocenters. The minimum Gasteiger partial charge on any atom is 1.00 e. The van der Waals surface area contributed by atoms with Crippen LogP contribution < -0.4 is 18.9 Å². The van der Waals surface area contributed by atoms with Crippen molar-refractivity contribution in [1.29, 1.82) is 0 Å². The maximum Gasteiger partial charge on any atom is 4.00 e. The van der Waals surface area contributed by atoms with Gasteiger partial charge in [-0.25, -0.2) is 0 Å². The minimum atomic E-state index is -3.06. The molecule has 0 saturated heterocycles. The Morgan fingerprint density at radius 3 is 0.612 bits per heavy atom. The van der Waals surface area contributed by atoms with Gasteiger partial charge in [0.25, 0.3) is 0 Å². The summed E-state index contributed by atoms with van der Waals surface area (Å²) < 4.78 is 4.83. The molecule has 0 aromatic rings. The van der Waals surface area contributed by atoms with Gasteiger partial charge in [-0.2, -0.15) is 0 Å². The van der Waals surface area contributed by atoms with Crippen molar-refractivity contribution in [2.75, 3.05) is 13.2 Å². The Morgan fingerprint density at radius 1 is 0.510 bits per heavy atom. The van der Waals surface area contributed by atoms with Gasteiger partial charge in [-0.1, -0.05) is 33.4 Å². The fourth-order valence-corrected chi connectivity index (χ4v) is 1.48. The van der Waals surface area contributed by atoms with E-state index in [2.05, 4.69) is 39.5 Å². The van der Waals surface area contributed by atoms with E-state index in [0.717, 1.165) is 51.7 Å². The van der Waals surface area contributed by atoms with Crippen LogP contribution in [-0.2, 0) is 54.2 Å². The molecule has 49 heavy (non-hydrogen) atoms. The van der Waals surface area contributed by atoms with Crippen LogP contribution in [0.4, 0.5) is 0 Å². The molecular formula is C35H75Cl6K2LiO2Pt3. The van der Waals surface area contributed by atoms with Gasteiger partial charge < -0.3 is 62.2 Å². The van der Waals surface area contributed by atoms with E-state index in [9.17, 15) is 0 Å². The molecule has 0 atom stereocenters. The SMILES string of the molecule is C=C(C)CCC(=C)C.C=C(C)CCC(=C)C.C=C(C)CCC(=C)C.CCOCC.O.[CH3-].[CH3-].[CH3-].[CH3-].[CH3-].[CH3-].[CH3-].[Cl][Pt+2][Cl].[Cl][Pt]([Cl])([Cl])[Cl].[K][K].[Li+].[Pt+4]. The average Bonchev–Trinajstić information content (AvgIpc) is 2.77. The van der Waals surface area contributed by atoms with Crippen LogP contribution in [0.15, 0.2) is 72.9 Å². The molecule has 2 nitrogen and oxygen atoms in total. The third-order valence-corrected chi connectivity index (χ3v) is 3.34. The summed E-state index contributed by atoms with van der Waals surface area (Å²) >= 11 is -1.03. The summed E-state index contributed by atoms with van der Waals surface area (Å²) in [7, 11) is 29.8. The van der Waals surface area contributed by atoms with E-state index in [1.807, 2.05) is 55.4 Å². The molecule has 0 aromatic heterocycles. The first-order valence-corrected chi connectivity index (χ1v) is 45.3. The van der Waals surface area contributed by atoms with Crippen molar-refractivity contribution in [2.24, 2.45) is 0 Å². The van der Waals surface area contributed by atoms with Gasteiger partial charge in [0.2, 0.25) is 0 Å². The second-order valence-corrected chi connectivity index (χ2v) is 31.3. The van der Waals surface area contributed by atoms with Gasteiger partial charge in [0.15, 0.2) is 0 Å². The second-order valence-electron chi connectivity index (χ2n) is 8.34. The Labute approximate surface area is 421 Å². The molecule has 0 aliphatic carbocycles. The van der Waals surface area contributed by atoms with Crippen molar-refractivity contribution in [3.63, 3.8) is 0 Å². The summed E-state index contributed by atoms with van der Waals surface area (Å²) in [6.07, 6.45) is 6.56. The Balaban J connectivity index is -0.0000000162. The Morgan fingerprint density at radius 2 is 0.592 bits per heavy atom. The van der Waals surface area contributed by atoms with Crippen molar-refractivity contribution in [2.45, 2.75) is 93.9 Å². The summed E-state index contributed by atoms with van der Waals surface area (Å²) in [6, 6.07) is 0. The largest absolute Gasteiger partial charge is 4.00 e. The van der Waals surface area contributed by atoms with Crippen molar-refractivity contribution >= 4 is 120 Å². The topological polar surface area (TPSA) is 40.7 Å². The molecule has 0 heterocycles. The van der Waals surface area contributed by atoms with Gasteiger partial charge in [-0.15, -0.1) is 39.5 Å². The standard InChI is InChI=1S/3C8H14.C4H10O.7CH3.6ClH.2K.Li.H2O.3Pt/c3*1-7(2)5-6-8(3)4;1-3-5-4-2;;;;;;;;;;;;;;;;;;;;/h3*1,3,5-6H2,2,4H3;3-4H2,1-2H3;7*1H3;6*1H;;;;1H2;;;/q;;;;7*-1;;;;;;;;;+1;;3*+4/p-6. The quantitative estimate of drug-likeness (QED) is 0.115. The first-order valence-electron chi connectivity index (χ1n) is 12.5. The van der Waals surface area contributed by atoms with E-state index >= 15 is 0 Å². The average molecular weight is 1410 g/mol. The summed E-state index contributed by atoms with van der Waals surface area (Å²) in [6.45, 7) is 40.7. The predicted octanol–water partition coefficient (Wildman–Crippen LogP) is 12.5. The Kier molecular flexibility index (Phi) is 215. The number of hydrogen-bond donors (Lipinski definition) is 0. The van der Waals surface area contributed by atoms with Crippen LogP contribution in [0.5, 0.6) is 0 Å². The van der Waals surface area contributed by atoms with Crippen molar-refractivity contribution in [1.82, 2.24) is 0 Å². The molecule has 0 spiro atoms. The monoisotopic (exact) mass is 1410 g/mol. The number of halogens is 6. The third-order valence-electron chi connectivity index (χ3n) is 3.34. The fourth-order valence-electron chi connectivity index (χ4n) is 1.48. The normalized spacial score (nSPS) is 7.31. The van der Waals surface area contributed by atoms with E-state index in [1.54, 1.807) is 0 Å². The second kappa shape index (κ2) is 94.8. The maximum atomic E-state index is 5.01. The summed E-state index contributed by atoms with van der Waals surface area (Å²) in [4.78, 5) is 0. The van der Waals surface area contributed by atoms with Crippen LogP contribution in [0.25, 0.3) is 0 Å². The molecule has 14 heteroatoms. The Hall–Kier alpha value is 6.04. The number of hydrogen-bond acceptors (Lipinski definition) is 1. The zero-order valence-electron chi connectivity index (χ0n) is 35.0. The smallest absolute Gasteiger partial charge is 1.00 e. The number of allylic oxidation sites excluding steroid dienone is 6. The molecule has 2 N–H and O–H groups in total. The first-order chi connectivity index (χ1) is 17.7. The van der Waals surface area contributed by atoms with Crippen molar-refractivity contribution in [3.05, 3.63) is 125 Å². The molecule has 0 radical (unpaired) electrons. The fraction of sp³-hybridized carbons (Fsp3) is 0.457. The van der Waals surface area contributed by atoms with E-state index in [1.165, 1.54) is 96.6 Å². The Bertz CT molecular complexity index is 514. The van der Waals surface area contributed by atoms with Crippen LogP contribution in [0, 0.1) is 52.0 Å². The maximum absolute atomic E-state index is 5.01. The third kappa shape index (κ3) is 276. The zero-order chi connectivity index (χ0) is 33.0. The molecule has 0 fully saturated rings. The molecular weight excluding hydrogens is 1340 g/mol. The van der Waals surface area contributed by atoms with E-state index in [4.69, 9.17) is 61.2 Å². The molecule has 0 amide bonds. The van der Waals surface area contributed by atoms with Crippen LogP contribution in [0.2, 0.25) is 0 Å². The zero-order valence-corrected chi connectivity index (χ0v) is 52.6. The van der Waals surface area contributed by atoms with Crippen LogP contribution in [0.3, 0.4) is 0 Å². The van der Waals surface area contributed by atoms with Gasteiger partial charge in [-0.3, -0.25) is 0 Å². The van der Waals surface area contributed by atoms with Gasteiger partial charge in [0.1, 0.15) is 0 Å². The molecule has 0 aliphatic heterocycles. The molecule has 0 rings (SSSR count). The van der Waals surface area contributed by atoms with Gasteiger partial charge >= 0.3 is 188 Å². The summed E-state index contributed by atoms with van der Waals surface area (Å²) in [5.41, 5.74) is 7.46. The van der Waals surface area contributed by atoms with Crippen LogP contribution in [0.1, 0.15) is 93.9 Å². The van der Waals surface area contributed by atoms with Crippen LogP contribution >= 0.6 is 56.5 Å². The van der Waals surface area contributed by atoms with Gasteiger partial charge in [-0.05, 0) is 93.9 Å². The molecule has 0 aromatic carbocycles. The first kappa shape index (κ1) is 111. The van der Waals surface area contributed by atoms with E-state index in [0.29, 0.717) is 0 Å². The van der Waals surface area contributed by atoms with E-state index in [-0.39, 0.29) is 97.4 Å². The van der Waals surface area contributed by atoms with Crippen LogP contribution in [-0.4, -0.2) is 81.8 Å². The summed E-state index contributed by atoms with van der Waals surface area (Å²) in [5.74, 6) is 0. The van der Waals surface area contributed by atoms with Crippen molar-refractivity contribution < 1.29 is 78.5 Å². The predicted molar refractivity (Wildman–Crippen MR) is 234 cm³/mol. The molecule has 302 valence electrons. The van der Waals surface area contributed by atoms with Gasteiger partial charge in [0.05, 0.1) is 0 Å². The van der Waals surface area contributed by atoms with Gasteiger partial charge in [0, 0.05) is 13.2 Å². The number of ether oxygens (including phenoxy) is 1. The van der Waals surface area contributed by atoms with Crippen molar-refractivity contribution in [3.8, 4) is 0 Å². The summed E-state index contributed by atoms with van der Waals surface area (Å²) in [5, 5.41) is 0. The minimum absolute atomic E-state index is 0. The molecule has 0 saturated carbocycles.